The third-order valence-corrected chi connectivity index (χ3v) is 4.38. The lowest BCUT2D eigenvalue weighted by Gasteiger charge is -2.04. The third-order valence-electron chi connectivity index (χ3n) is 2.92. The first-order valence-corrected chi connectivity index (χ1v) is 7.12. The second-order valence-electron chi connectivity index (χ2n) is 4.23. The highest BCUT2D eigenvalue weighted by molar-refractivity contribution is 7.90. The number of hydrogen-bond acceptors (Lipinski definition) is 4. The maximum Gasteiger partial charge on any atom is 0.275 e. The van der Waals surface area contributed by atoms with Crippen LogP contribution in [0.25, 0.3) is 5.69 Å². The first kappa shape index (κ1) is 11.1. The minimum atomic E-state index is -3.20. The molecule has 0 unspecified atom stereocenters. The SMILES string of the molecule is O=c1c2c([nH]n1-c1ccccc1O)CS(=O)(=O)C2. The van der Waals surface area contributed by atoms with Gasteiger partial charge in [0, 0.05) is 0 Å². The number of aromatic hydroxyl groups is 1. The zero-order valence-corrected chi connectivity index (χ0v) is 10.1. The summed E-state index contributed by atoms with van der Waals surface area (Å²) in [7, 11) is -3.20. The molecule has 1 aliphatic rings. The summed E-state index contributed by atoms with van der Waals surface area (Å²) in [5.41, 5.74) is 0.559. The van der Waals surface area contributed by atoms with Gasteiger partial charge in [-0.25, -0.2) is 13.1 Å². The quantitative estimate of drug-likeness (QED) is 0.776. The molecule has 1 aromatic carbocycles. The topological polar surface area (TPSA) is 92.2 Å². The van der Waals surface area contributed by atoms with Gasteiger partial charge in [-0.3, -0.25) is 9.89 Å². The summed E-state index contributed by atoms with van der Waals surface area (Å²) in [4.78, 5) is 12.1. The van der Waals surface area contributed by atoms with Crippen molar-refractivity contribution in [1.82, 2.24) is 9.78 Å². The van der Waals surface area contributed by atoms with Crippen molar-refractivity contribution in [2.45, 2.75) is 11.5 Å². The Morgan fingerprint density at radius 1 is 1.22 bits per heavy atom. The van der Waals surface area contributed by atoms with Crippen molar-refractivity contribution in [2.75, 3.05) is 0 Å². The molecule has 0 saturated heterocycles. The van der Waals surface area contributed by atoms with Gasteiger partial charge in [-0.2, -0.15) is 0 Å². The van der Waals surface area contributed by atoms with Gasteiger partial charge in [-0.05, 0) is 12.1 Å². The second kappa shape index (κ2) is 3.49. The Morgan fingerprint density at radius 2 is 1.94 bits per heavy atom. The van der Waals surface area contributed by atoms with E-state index in [0.717, 1.165) is 0 Å². The Hall–Kier alpha value is -2.02. The summed E-state index contributed by atoms with van der Waals surface area (Å²) in [5.74, 6) is -0.432. The molecule has 0 saturated carbocycles. The van der Waals surface area contributed by atoms with Gasteiger partial charge in [0.05, 0.1) is 22.8 Å². The molecule has 0 radical (unpaired) electrons. The van der Waals surface area contributed by atoms with Crippen LogP contribution < -0.4 is 5.56 Å². The molecule has 0 atom stereocenters. The van der Waals surface area contributed by atoms with E-state index >= 15 is 0 Å². The maximum atomic E-state index is 12.1. The van der Waals surface area contributed by atoms with Crippen molar-refractivity contribution in [2.24, 2.45) is 0 Å². The molecule has 0 amide bonds. The van der Waals surface area contributed by atoms with Crippen molar-refractivity contribution >= 4 is 9.84 Å². The number of phenols is 1. The molecule has 2 heterocycles. The average Bonchev–Trinajstić information content (AvgIpc) is 2.74. The molecule has 2 N–H and O–H groups in total. The van der Waals surface area contributed by atoms with Crippen LogP contribution in [0.1, 0.15) is 11.3 Å². The molecule has 0 spiro atoms. The molecular weight excluding hydrogens is 256 g/mol. The number of nitrogens with zero attached hydrogens (tertiary/aromatic N) is 1. The molecular formula is C11H10N2O4S. The molecule has 3 rings (SSSR count). The van der Waals surface area contributed by atoms with E-state index in [1.165, 1.54) is 10.7 Å². The Labute approximate surface area is 102 Å². The van der Waals surface area contributed by atoms with Crippen LogP contribution in [-0.4, -0.2) is 23.3 Å². The number of nitrogens with one attached hydrogen (secondary N) is 1. The number of hydrogen-bond donors (Lipinski definition) is 2. The van der Waals surface area contributed by atoms with Gasteiger partial charge in [0.2, 0.25) is 0 Å². The fourth-order valence-electron chi connectivity index (χ4n) is 2.10. The molecule has 0 fully saturated rings. The number of sulfone groups is 1. The highest BCUT2D eigenvalue weighted by Gasteiger charge is 2.30. The summed E-state index contributed by atoms with van der Waals surface area (Å²) in [6.45, 7) is 0. The van der Waals surface area contributed by atoms with E-state index in [1.54, 1.807) is 18.2 Å². The molecule has 1 aliphatic heterocycles. The number of para-hydroxylation sites is 2. The number of aromatic amines is 1. The van der Waals surface area contributed by atoms with Crippen LogP contribution in [0.4, 0.5) is 0 Å². The molecule has 0 aliphatic carbocycles. The van der Waals surface area contributed by atoms with Crippen LogP contribution in [-0.2, 0) is 21.3 Å². The van der Waals surface area contributed by atoms with Crippen LogP contribution in [0, 0.1) is 0 Å². The summed E-state index contributed by atoms with van der Waals surface area (Å²) in [6, 6.07) is 6.37. The summed E-state index contributed by atoms with van der Waals surface area (Å²) in [6.07, 6.45) is 0. The summed E-state index contributed by atoms with van der Waals surface area (Å²) in [5, 5.41) is 12.4. The fraction of sp³-hybridized carbons (Fsp3) is 0.182. The maximum absolute atomic E-state index is 12.1. The number of aromatic nitrogens is 2. The second-order valence-corrected chi connectivity index (χ2v) is 6.29. The van der Waals surface area contributed by atoms with E-state index in [9.17, 15) is 18.3 Å². The molecule has 1 aromatic heterocycles. The zero-order chi connectivity index (χ0) is 12.9. The Balaban J connectivity index is 2.20. The van der Waals surface area contributed by atoms with Gasteiger partial charge in [-0.15, -0.1) is 0 Å². The normalized spacial score (nSPS) is 16.7. The van der Waals surface area contributed by atoms with Gasteiger partial charge in [0.25, 0.3) is 5.56 Å². The smallest absolute Gasteiger partial charge is 0.275 e. The van der Waals surface area contributed by atoms with Crippen molar-refractivity contribution in [3.63, 3.8) is 0 Å². The Kier molecular flexibility index (Phi) is 2.15. The van der Waals surface area contributed by atoms with Crippen molar-refractivity contribution in [3.8, 4) is 11.4 Å². The molecule has 7 heteroatoms. The molecule has 0 bridgehead atoms. The molecule has 6 nitrogen and oxygen atoms in total. The Bertz CT molecular complexity index is 786. The monoisotopic (exact) mass is 266 g/mol. The van der Waals surface area contributed by atoms with Gasteiger partial charge in [0.15, 0.2) is 9.84 Å². The standard InChI is InChI=1S/C11H10N2O4S/c14-10-4-2-1-3-9(10)13-11(15)7-5-18(16,17)6-8(7)12-13/h1-4,12,14H,5-6H2. The van der Waals surface area contributed by atoms with E-state index in [2.05, 4.69) is 5.10 Å². The van der Waals surface area contributed by atoms with Gasteiger partial charge >= 0.3 is 0 Å². The van der Waals surface area contributed by atoms with Crippen LogP contribution in [0.3, 0.4) is 0 Å². The number of benzene rings is 1. The highest BCUT2D eigenvalue weighted by Crippen LogP contribution is 2.24. The predicted molar refractivity (Wildman–Crippen MR) is 64.4 cm³/mol. The molecule has 94 valence electrons. The zero-order valence-electron chi connectivity index (χ0n) is 9.25. The minimum Gasteiger partial charge on any atom is -0.506 e. The van der Waals surface area contributed by atoms with Gasteiger partial charge < -0.3 is 5.11 Å². The van der Waals surface area contributed by atoms with E-state index in [-0.39, 0.29) is 22.8 Å². The lowest BCUT2D eigenvalue weighted by atomic mass is 10.3. The van der Waals surface area contributed by atoms with Crippen molar-refractivity contribution < 1.29 is 13.5 Å². The summed E-state index contributed by atoms with van der Waals surface area (Å²) >= 11 is 0. The number of rotatable bonds is 1. The fourth-order valence-corrected chi connectivity index (χ4v) is 3.62. The van der Waals surface area contributed by atoms with Crippen LogP contribution in [0.5, 0.6) is 5.75 Å². The lowest BCUT2D eigenvalue weighted by Crippen LogP contribution is -2.18. The highest BCUT2D eigenvalue weighted by atomic mass is 32.2. The van der Waals surface area contributed by atoms with Crippen LogP contribution in [0.2, 0.25) is 0 Å². The minimum absolute atomic E-state index is 0.0395. The largest absolute Gasteiger partial charge is 0.506 e. The molecule has 18 heavy (non-hydrogen) atoms. The van der Waals surface area contributed by atoms with Gasteiger partial charge in [0.1, 0.15) is 11.4 Å². The Morgan fingerprint density at radius 3 is 2.61 bits per heavy atom. The summed E-state index contributed by atoms with van der Waals surface area (Å²) < 4.78 is 24.0. The van der Waals surface area contributed by atoms with E-state index in [1.807, 2.05) is 0 Å². The van der Waals surface area contributed by atoms with Crippen LogP contribution in [0.15, 0.2) is 29.1 Å². The molecule has 2 aromatic rings. The van der Waals surface area contributed by atoms with Crippen molar-refractivity contribution in [3.05, 3.63) is 45.9 Å². The van der Waals surface area contributed by atoms with Gasteiger partial charge in [-0.1, -0.05) is 12.1 Å². The number of fused-ring (bicyclic) bond motifs is 1. The third kappa shape index (κ3) is 1.55. The lowest BCUT2D eigenvalue weighted by molar-refractivity contribution is 0.469. The van der Waals surface area contributed by atoms with E-state index in [0.29, 0.717) is 11.4 Å². The van der Waals surface area contributed by atoms with E-state index in [4.69, 9.17) is 0 Å². The predicted octanol–water partition coefficient (Wildman–Crippen LogP) is 0.300. The van der Waals surface area contributed by atoms with E-state index < -0.39 is 15.4 Å². The number of phenolic OH excluding ortho intramolecular Hbond substituents is 1. The number of H-pyrrole nitrogens is 1. The van der Waals surface area contributed by atoms with Crippen LogP contribution >= 0.6 is 0 Å². The average molecular weight is 266 g/mol. The first-order chi connectivity index (χ1) is 8.48. The first-order valence-electron chi connectivity index (χ1n) is 5.29. The van der Waals surface area contributed by atoms with Crippen molar-refractivity contribution in [1.29, 1.82) is 0 Å².